The summed E-state index contributed by atoms with van der Waals surface area (Å²) in [4.78, 5) is 21.9. The Balaban J connectivity index is 1.75. The van der Waals surface area contributed by atoms with E-state index in [1.165, 1.54) is 36.7 Å². The van der Waals surface area contributed by atoms with Gasteiger partial charge in [0, 0.05) is 30.9 Å². The van der Waals surface area contributed by atoms with Crippen LogP contribution in [0.2, 0.25) is 5.02 Å². The first-order valence-corrected chi connectivity index (χ1v) is 10.6. The minimum Gasteiger partial charge on any atom is -0.489 e. The number of carbonyl (C=O) groups is 1. The molecule has 1 aliphatic heterocycles. The molecule has 3 aromatic rings. The number of alkyl halides is 3. The molecule has 7 nitrogen and oxygen atoms in total. The molecule has 0 atom stereocenters. The summed E-state index contributed by atoms with van der Waals surface area (Å²) in [7, 11) is 1.98. The Morgan fingerprint density at radius 3 is 2.59 bits per heavy atom. The number of hydrogen-bond acceptors (Lipinski definition) is 7. The Morgan fingerprint density at radius 2 is 1.91 bits per heavy atom. The van der Waals surface area contributed by atoms with Gasteiger partial charge in [-0.2, -0.15) is 13.2 Å². The molecular weight excluding hydrogens is 480 g/mol. The largest absolute Gasteiger partial charge is 0.491 e. The third-order valence-electron chi connectivity index (χ3n) is 5.26. The summed E-state index contributed by atoms with van der Waals surface area (Å²) >= 11 is 5.86. The highest BCUT2D eigenvalue weighted by Crippen LogP contribution is 2.37. The number of fused-ring (bicyclic) bond motifs is 1. The predicted molar refractivity (Wildman–Crippen MR) is 117 cm³/mol. The van der Waals surface area contributed by atoms with Crippen LogP contribution in [0.15, 0.2) is 36.7 Å². The van der Waals surface area contributed by atoms with E-state index < -0.39 is 18.0 Å². The zero-order valence-corrected chi connectivity index (χ0v) is 18.6. The van der Waals surface area contributed by atoms with Crippen LogP contribution in [0.25, 0.3) is 10.9 Å². The molecule has 1 saturated heterocycles. The number of piperidine rings is 1. The SMILES string of the molecule is CN1CCC(Oc2cc(OC(=O)C(F)(F)F)cc3ncnc(Nc4ccc(F)c(Cl)c4)c23)CC1. The van der Waals surface area contributed by atoms with Gasteiger partial charge in [-0.05, 0) is 38.1 Å². The summed E-state index contributed by atoms with van der Waals surface area (Å²) in [5, 5.41) is 3.26. The molecule has 1 fully saturated rings. The summed E-state index contributed by atoms with van der Waals surface area (Å²) in [6, 6.07) is 6.38. The van der Waals surface area contributed by atoms with Crippen molar-refractivity contribution in [2.45, 2.75) is 25.1 Å². The molecule has 0 radical (unpaired) electrons. The quantitative estimate of drug-likeness (QED) is 0.298. The Labute approximate surface area is 196 Å². The average molecular weight is 499 g/mol. The van der Waals surface area contributed by atoms with Gasteiger partial charge in [-0.25, -0.2) is 19.2 Å². The van der Waals surface area contributed by atoms with E-state index in [-0.39, 0.29) is 34.0 Å². The van der Waals surface area contributed by atoms with Crippen LogP contribution in [0.3, 0.4) is 0 Å². The van der Waals surface area contributed by atoms with Crippen molar-refractivity contribution in [1.82, 2.24) is 14.9 Å². The number of aromatic nitrogens is 2. The summed E-state index contributed by atoms with van der Waals surface area (Å²) in [6.45, 7) is 1.56. The average Bonchev–Trinajstić information content (AvgIpc) is 2.77. The van der Waals surface area contributed by atoms with Gasteiger partial charge >= 0.3 is 12.1 Å². The number of ether oxygens (including phenoxy) is 2. The lowest BCUT2D eigenvalue weighted by molar-refractivity contribution is -0.189. The fraction of sp³-hybridized carbons (Fsp3) is 0.318. The standard InChI is InChI=1S/C22H19ClF4N4O3/c1-31-6-4-13(5-7-31)33-18-10-14(34-21(32)22(25,26)27)9-17-19(18)20(29-11-28-17)30-12-2-3-16(24)15(23)8-12/h2-3,8-11,13H,4-7H2,1H3,(H,28,29,30). The van der Waals surface area contributed by atoms with Gasteiger partial charge in [0.1, 0.15) is 35.6 Å². The molecule has 0 amide bonds. The summed E-state index contributed by atoms with van der Waals surface area (Å²) in [5.41, 5.74) is 0.602. The number of benzene rings is 2. The molecule has 0 unspecified atom stereocenters. The number of nitrogens with one attached hydrogen (secondary N) is 1. The van der Waals surface area contributed by atoms with E-state index >= 15 is 0 Å². The second-order valence-corrected chi connectivity index (χ2v) is 8.21. The minimum atomic E-state index is -5.16. The van der Waals surface area contributed by atoms with Gasteiger partial charge in [-0.3, -0.25) is 0 Å². The molecule has 2 aromatic carbocycles. The van der Waals surface area contributed by atoms with Crippen LogP contribution in [0.1, 0.15) is 12.8 Å². The van der Waals surface area contributed by atoms with Crippen molar-refractivity contribution in [2.24, 2.45) is 0 Å². The molecule has 0 bridgehead atoms. The summed E-state index contributed by atoms with van der Waals surface area (Å²) < 4.78 is 62.4. The monoisotopic (exact) mass is 498 g/mol. The van der Waals surface area contributed by atoms with Crippen LogP contribution in [0, 0.1) is 5.82 Å². The molecule has 4 rings (SSSR count). The molecule has 0 spiro atoms. The van der Waals surface area contributed by atoms with E-state index in [2.05, 4.69) is 24.9 Å². The maximum absolute atomic E-state index is 13.5. The Kier molecular flexibility index (Phi) is 6.76. The highest BCUT2D eigenvalue weighted by Gasteiger charge is 2.41. The molecule has 180 valence electrons. The fourth-order valence-electron chi connectivity index (χ4n) is 3.53. The molecule has 0 saturated carbocycles. The number of carbonyl (C=O) groups excluding carboxylic acids is 1. The highest BCUT2D eigenvalue weighted by molar-refractivity contribution is 6.31. The number of nitrogens with zero attached hydrogens (tertiary/aromatic N) is 3. The minimum absolute atomic E-state index is 0.104. The molecule has 1 N–H and O–H groups in total. The topological polar surface area (TPSA) is 76.6 Å². The smallest absolute Gasteiger partial charge is 0.489 e. The lowest BCUT2D eigenvalue weighted by Gasteiger charge is -2.29. The zero-order chi connectivity index (χ0) is 24.5. The van der Waals surface area contributed by atoms with Crippen LogP contribution in [0.4, 0.5) is 29.1 Å². The van der Waals surface area contributed by atoms with Crippen molar-refractivity contribution >= 4 is 40.0 Å². The van der Waals surface area contributed by atoms with E-state index in [9.17, 15) is 22.4 Å². The van der Waals surface area contributed by atoms with E-state index in [0.717, 1.165) is 13.1 Å². The van der Waals surface area contributed by atoms with Crippen molar-refractivity contribution in [1.29, 1.82) is 0 Å². The Hall–Kier alpha value is -3.18. The molecule has 1 aliphatic rings. The summed E-state index contributed by atoms with van der Waals surface area (Å²) in [6.07, 6.45) is -2.82. The van der Waals surface area contributed by atoms with E-state index in [1.54, 1.807) is 0 Å². The van der Waals surface area contributed by atoms with Crippen molar-refractivity contribution < 1.29 is 31.8 Å². The Bertz CT molecular complexity index is 1220. The van der Waals surface area contributed by atoms with E-state index in [0.29, 0.717) is 23.9 Å². The lowest BCUT2D eigenvalue weighted by atomic mass is 10.1. The zero-order valence-electron chi connectivity index (χ0n) is 17.8. The van der Waals surface area contributed by atoms with Gasteiger partial charge in [0.25, 0.3) is 0 Å². The van der Waals surface area contributed by atoms with Gasteiger partial charge in [0.2, 0.25) is 0 Å². The third-order valence-corrected chi connectivity index (χ3v) is 5.55. The van der Waals surface area contributed by atoms with Gasteiger partial charge < -0.3 is 19.7 Å². The van der Waals surface area contributed by atoms with Gasteiger partial charge in [-0.15, -0.1) is 0 Å². The first-order valence-electron chi connectivity index (χ1n) is 10.2. The third kappa shape index (κ3) is 5.48. The summed E-state index contributed by atoms with van der Waals surface area (Å²) in [5.74, 6) is -2.92. The second-order valence-electron chi connectivity index (χ2n) is 7.80. The molecule has 2 heterocycles. The molecule has 1 aromatic heterocycles. The maximum Gasteiger partial charge on any atom is 0.491 e. The second kappa shape index (κ2) is 9.59. The molecule has 0 aliphatic carbocycles. The van der Waals surface area contributed by atoms with Gasteiger partial charge in [0.15, 0.2) is 0 Å². The maximum atomic E-state index is 13.5. The van der Waals surface area contributed by atoms with Gasteiger partial charge in [0.05, 0.1) is 15.9 Å². The number of hydrogen-bond donors (Lipinski definition) is 1. The molecule has 34 heavy (non-hydrogen) atoms. The van der Waals surface area contributed by atoms with Crippen LogP contribution in [-0.4, -0.2) is 53.3 Å². The van der Waals surface area contributed by atoms with Crippen LogP contribution in [0.5, 0.6) is 11.5 Å². The normalized spacial score (nSPS) is 15.4. The van der Waals surface area contributed by atoms with E-state index in [1.807, 2.05) is 7.05 Å². The Morgan fingerprint density at radius 1 is 1.18 bits per heavy atom. The van der Waals surface area contributed by atoms with Crippen LogP contribution in [-0.2, 0) is 4.79 Å². The van der Waals surface area contributed by atoms with Crippen molar-refractivity contribution in [2.75, 3.05) is 25.5 Å². The highest BCUT2D eigenvalue weighted by atomic mass is 35.5. The molecular formula is C22H19ClF4N4O3. The lowest BCUT2D eigenvalue weighted by Crippen LogP contribution is -2.35. The number of esters is 1. The van der Waals surface area contributed by atoms with Crippen molar-refractivity contribution in [3.05, 3.63) is 47.5 Å². The number of likely N-dealkylation sites (tertiary alicyclic amines) is 1. The van der Waals surface area contributed by atoms with Crippen LogP contribution >= 0.6 is 11.6 Å². The fourth-order valence-corrected chi connectivity index (χ4v) is 3.71. The van der Waals surface area contributed by atoms with Gasteiger partial charge in [-0.1, -0.05) is 11.6 Å². The van der Waals surface area contributed by atoms with Crippen molar-refractivity contribution in [3.63, 3.8) is 0 Å². The first kappa shape index (κ1) is 24.0. The first-order chi connectivity index (χ1) is 16.1. The van der Waals surface area contributed by atoms with Crippen molar-refractivity contribution in [3.8, 4) is 11.5 Å². The number of anilines is 2. The van der Waals surface area contributed by atoms with Crippen LogP contribution < -0.4 is 14.8 Å². The number of rotatable bonds is 5. The predicted octanol–water partition coefficient (Wildman–Crippen LogP) is 5.11. The van der Waals surface area contributed by atoms with E-state index in [4.69, 9.17) is 16.3 Å². The number of halogens is 5. The molecule has 12 heteroatoms.